The van der Waals surface area contributed by atoms with E-state index in [9.17, 15) is 0 Å². The summed E-state index contributed by atoms with van der Waals surface area (Å²) in [5.41, 5.74) is 9.10. The topological polar surface area (TPSA) is 43.8 Å². The summed E-state index contributed by atoms with van der Waals surface area (Å²) in [6.07, 6.45) is 0.652. The van der Waals surface area contributed by atoms with E-state index in [-0.39, 0.29) is 6.04 Å². The third-order valence-corrected chi connectivity index (χ3v) is 3.68. The van der Waals surface area contributed by atoms with E-state index >= 15 is 0 Å². The monoisotopic (exact) mass is 283 g/mol. The van der Waals surface area contributed by atoms with Crippen LogP contribution in [0.3, 0.4) is 0 Å². The van der Waals surface area contributed by atoms with Crippen molar-refractivity contribution in [3.63, 3.8) is 0 Å². The lowest BCUT2D eigenvalue weighted by Gasteiger charge is -2.12. The maximum absolute atomic E-state index is 6.20. The van der Waals surface area contributed by atoms with Crippen LogP contribution >= 0.6 is 23.2 Å². The van der Waals surface area contributed by atoms with Gasteiger partial charge in [0.1, 0.15) is 5.15 Å². The van der Waals surface area contributed by atoms with Gasteiger partial charge in [-0.3, -0.25) is 4.68 Å². The van der Waals surface area contributed by atoms with Gasteiger partial charge in [0.2, 0.25) is 0 Å². The molecule has 5 heteroatoms. The van der Waals surface area contributed by atoms with Crippen molar-refractivity contribution in [2.24, 2.45) is 12.8 Å². The number of hydrogen-bond acceptors (Lipinski definition) is 2. The number of aromatic nitrogens is 2. The van der Waals surface area contributed by atoms with E-state index in [0.717, 1.165) is 16.8 Å². The summed E-state index contributed by atoms with van der Waals surface area (Å²) in [7, 11) is 1.82. The molecule has 0 aliphatic heterocycles. The molecular formula is C13H15Cl2N3. The average molecular weight is 284 g/mol. The van der Waals surface area contributed by atoms with Crippen LogP contribution in [-0.2, 0) is 13.5 Å². The molecule has 2 aromatic rings. The number of nitrogens with two attached hydrogens (primary N) is 1. The van der Waals surface area contributed by atoms with Crippen LogP contribution in [0.5, 0.6) is 0 Å². The molecule has 2 rings (SSSR count). The standard InChI is InChI=1S/C13H15Cl2N3/c1-8-11(13(15)18(2)17-8)7-12(16)9-4-3-5-10(14)6-9/h3-6,12H,7,16H2,1-2H3. The molecule has 96 valence electrons. The largest absolute Gasteiger partial charge is 0.324 e. The number of benzene rings is 1. The van der Waals surface area contributed by atoms with E-state index < -0.39 is 0 Å². The maximum atomic E-state index is 6.20. The van der Waals surface area contributed by atoms with Gasteiger partial charge in [-0.2, -0.15) is 5.10 Å². The van der Waals surface area contributed by atoms with Gasteiger partial charge in [0, 0.05) is 23.7 Å². The smallest absolute Gasteiger partial charge is 0.130 e. The number of nitrogens with zero attached hydrogens (tertiary/aromatic N) is 2. The Hall–Kier alpha value is -1.03. The Bertz CT molecular complexity index is 563. The van der Waals surface area contributed by atoms with E-state index in [1.165, 1.54) is 0 Å². The van der Waals surface area contributed by atoms with Crippen molar-refractivity contribution in [2.75, 3.05) is 0 Å². The fourth-order valence-corrected chi connectivity index (χ4v) is 2.43. The summed E-state index contributed by atoms with van der Waals surface area (Å²) < 4.78 is 1.66. The molecule has 0 radical (unpaired) electrons. The van der Waals surface area contributed by atoms with Crippen molar-refractivity contribution in [1.29, 1.82) is 0 Å². The lowest BCUT2D eigenvalue weighted by Crippen LogP contribution is -2.13. The second-order valence-electron chi connectivity index (χ2n) is 4.34. The molecule has 1 unspecified atom stereocenters. The Morgan fingerprint density at radius 3 is 2.67 bits per heavy atom. The molecule has 0 bridgehead atoms. The van der Waals surface area contributed by atoms with Crippen LogP contribution in [0.15, 0.2) is 24.3 Å². The van der Waals surface area contributed by atoms with Gasteiger partial charge < -0.3 is 5.73 Å². The molecule has 0 saturated carbocycles. The molecule has 0 amide bonds. The zero-order valence-corrected chi connectivity index (χ0v) is 11.8. The summed E-state index contributed by atoms with van der Waals surface area (Å²) in [6, 6.07) is 7.45. The summed E-state index contributed by atoms with van der Waals surface area (Å²) in [5, 5.41) is 5.61. The van der Waals surface area contributed by atoms with Crippen molar-refractivity contribution in [1.82, 2.24) is 9.78 Å². The maximum Gasteiger partial charge on any atom is 0.130 e. The second-order valence-corrected chi connectivity index (χ2v) is 5.14. The first-order valence-corrected chi connectivity index (χ1v) is 6.43. The second kappa shape index (κ2) is 5.31. The summed E-state index contributed by atoms with van der Waals surface area (Å²) in [6.45, 7) is 1.94. The summed E-state index contributed by atoms with van der Waals surface area (Å²) in [4.78, 5) is 0. The molecular weight excluding hydrogens is 269 g/mol. The molecule has 1 atom stereocenters. The fourth-order valence-electron chi connectivity index (χ4n) is 1.98. The predicted molar refractivity (Wildman–Crippen MR) is 75.0 cm³/mol. The quantitative estimate of drug-likeness (QED) is 0.940. The van der Waals surface area contributed by atoms with Crippen molar-refractivity contribution in [3.05, 3.63) is 51.3 Å². The molecule has 0 aliphatic carbocycles. The molecule has 1 aromatic carbocycles. The average Bonchev–Trinajstić information content (AvgIpc) is 2.56. The van der Waals surface area contributed by atoms with Crippen LogP contribution in [-0.4, -0.2) is 9.78 Å². The van der Waals surface area contributed by atoms with Crippen LogP contribution < -0.4 is 5.73 Å². The Morgan fingerprint density at radius 1 is 1.39 bits per heavy atom. The van der Waals surface area contributed by atoms with Crippen LogP contribution in [0, 0.1) is 6.92 Å². The Balaban J connectivity index is 2.24. The number of rotatable bonds is 3. The molecule has 18 heavy (non-hydrogen) atoms. The molecule has 1 aromatic heterocycles. The van der Waals surface area contributed by atoms with Crippen molar-refractivity contribution in [3.8, 4) is 0 Å². The zero-order valence-electron chi connectivity index (χ0n) is 10.3. The predicted octanol–water partition coefficient (Wildman–Crippen LogP) is 3.28. The van der Waals surface area contributed by atoms with E-state index in [1.807, 2.05) is 38.2 Å². The van der Waals surface area contributed by atoms with E-state index in [1.54, 1.807) is 4.68 Å². The van der Waals surface area contributed by atoms with Gasteiger partial charge in [-0.15, -0.1) is 0 Å². The molecule has 0 aliphatic rings. The third kappa shape index (κ3) is 2.69. The minimum Gasteiger partial charge on any atom is -0.324 e. The summed E-state index contributed by atoms with van der Waals surface area (Å²) >= 11 is 12.2. The lowest BCUT2D eigenvalue weighted by molar-refractivity contribution is 0.718. The minimum absolute atomic E-state index is 0.135. The van der Waals surface area contributed by atoms with Crippen LogP contribution in [0.1, 0.15) is 22.9 Å². The highest BCUT2D eigenvalue weighted by Crippen LogP contribution is 2.25. The van der Waals surface area contributed by atoms with Crippen molar-refractivity contribution >= 4 is 23.2 Å². The van der Waals surface area contributed by atoms with Gasteiger partial charge in [0.15, 0.2) is 0 Å². The molecule has 0 saturated heterocycles. The summed E-state index contributed by atoms with van der Waals surface area (Å²) in [5.74, 6) is 0. The van der Waals surface area contributed by atoms with E-state index in [4.69, 9.17) is 28.9 Å². The van der Waals surface area contributed by atoms with Crippen LogP contribution in [0.2, 0.25) is 10.2 Å². The zero-order chi connectivity index (χ0) is 13.3. The Morgan fingerprint density at radius 2 is 2.11 bits per heavy atom. The van der Waals surface area contributed by atoms with Gasteiger partial charge >= 0.3 is 0 Å². The SMILES string of the molecule is Cc1nn(C)c(Cl)c1CC(N)c1cccc(Cl)c1. The lowest BCUT2D eigenvalue weighted by atomic mass is 10.0. The molecule has 1 heterocycles. The van der Waals surface area contributed by atoms with Crippen LogP contribution in [0.4, 0.5) is 0 Å². The first-order valence-electron chi connectivity index (χ1n) is 5.68. The molecule has 0 fully saturated rings. The fraction of sp³-hybridized carbons (Fsp3) is 0.308. The van der Waals surface area contributed by atoms with E-state index in [0.29, 0.717) is 16.6 Å². The minimum atomic E-state index is -0.135. The van der Waals surface area contributed by atoms with E-state index in [2.05, 4.69) is 5.10 Å². The highest BCUT2D eigenvalue weighted by Gasteiger charge is 2.15. The molecule has 3 nitrogen and oxygen atoms in total. The highest BCUT2D eigenvalue weighted by atomic mass is 35.5. The first kappa shape index (κ1) is 13.4. The van der Waals surface area contributed by atoms with Crippen molar-refractivity contribution in [2.45, 2.75) is 19.4 Å². The van der Waals surface area contributed by atoms with Gasteiger partial charge in [-0.05, 0) is 31.0 Å². The number of halogens is 2. The molecule has 2 N–H and O–H groups in total. The number of aryl methyl sites for hydroxylation is 2. The first-order chi connectivity index (χ1) is 8.49. The normalized spacial score (nSPS) is 12.7. The highest BCUT2D eigenvalue weighted by molar-refractivity contribution is 6.30. The van der Waals surface area contributed by atoms with Gasteiger partial charge in [-0.25, -0.2) is 0 Å². The Kier molecular flexibility index (Phi) is 3.95. The van der Waals surface area contributed by atoms with Crippen molar-refractivity contribution < 1.29 is 0 Å². The van der Waals surface area contributed by atoms with Crippen LogP contribution in [0.25, 0.3) is 0 Å². The number of hydrogen-bond donors (Lipinski definition) is 1. The third-order valence-electron chi connectivity index (χ3n) is 2.97. The molecule has 0 spiro atoms. The van der Waals surface area contributed by atoms with Gasteiger partial charge in [0.05, 0.1) is 5.69 Å². The van der Waals surface area contributed by atoms with Gasteiger partial charge in [-0.1, -0.05) is 35.3 Å². The Labute approximate surface area is 117 Å². The van der Waals surface area contributed by atoms with Gasteiger partial charge in [0.25, 0.3) is 0 Å².